The largest absolute Gasteiger partial charge is 0.480 e. The number of hydrogen-bond donors (Lipinski definition) is 1. The monoisotopic (exact) mass is 219 g/mol. The molecule has 0 aliphatic heterocycles. The Bertz CT molecular complexity index is 183. The van der Waals surface area contributed by atoms with Crippen molar-refractivity contribution in [3.63, 3.8) is 0 Å². The molecule has 0 aromatic heterocycles. The molecule has 14 heavy (non-hydrogen) atoms. The van der Waals surface area contributed by atoms with Crippen LogP contribution in [0.25, 0.3) is 0 Å². The van der Waals surface area contributed by atoms with Crippen molar-refractivity contribution in [3.05, 3.63) is 0 Å². The Morgan fingerprint density at radius 3 is 2.43 bits per heavy atom. The fraction of sp³-hybridized carbons (Fsp3) is 0.900. The Kier molecular flexibility index (Phi) is 6.20. The molecule has 0 rings (SSSR count). The van der Waals surface area contributed by atoms with Crippen molar-refractivity contribution >= 4 is 17.7 Å². The van der Waals surface area contributed by atoms with Crippen LogP contribution in [0.3, 0.4) is 0 Å². The van der Waals surface area contributed by atoms with Gasteiger partial charge in [-0.2, -0.15) is 11.8 Å². The predicted octanol–water partition coefficient (Wildman–Crippen LogP) is 1.92. The van der Waals surface area contributed by atoms with Gasteiger partial charge in [-0.1, -0.05) is 6.92 Å². The summed E-state index contributed by atoms with van der Waals surface area (Å²) in [6, 6.07) is 0. The molecule has 0 radical (unpaired) electrons. The summed E-state index contributed by atoms with van der Waals surface area (Å²) < 4.78 is 0. The quantitative estimate of drug-likeness (QED) is 0.664. The Morgan fingerprint density at radius 1 is 1.50 bits per heavy atom. The molecular weight excluding hydrogens is 198 g/mol. The van der Waals surface area contributed by atoms with Crippen molar-refractivity contribution in [2.75, 3.05) is 25.1 Å². The van der Waals surface area contributed by atoms with E-state index in [2.05, 4.69) is 6.26 Å². The first-order valence-electron chi connectivity index (χ1n) is 4.94. The van der Waals surface area contributed by atoms with Gasteiger partial charge >= 0.3 is 5.97 Å². The average Bonchev–Trinajstić information content (AvgIpc) is 2.12. The maximum absolute atomic E-state index is 11.0. The molecule has 0 saturated carbocycles. The molecule has 0 aromatic rings. The van der Waals surface area contributed by atoms with E-state index in [0.29, 0.717) is 0 Å². The van der Waals surface area contributed by atoms with Crippen molar-refractivity contribution in [1.82, 2.24) is 4.90 Å². The summed E-state index contributed by atoms with van der Waals surface area (Å²) in [6.07, 6.45) is 3.12. The number of hydrogen-bond acceptors (Lipinski definition) is 3. The summed E-state index contributed by atoms with van der Waals surface area (Å²) >= 11 is 1.80. The molecule has 84 valence electrons. The van der Waals surface area contributed by atoms with Gasteiger partial charge in [0.1, 0.15) is 5.54 Å². The Balaban J connectivity index is 4.18. The highest BCUT2D eigenvalue weighted by atomic mass is 32.2. The minimum atomic E-state index is -0.747. The molecule has 0 spiro atoms. The van der Waals surface area contributed by atoms with Gasteiger partial charge in [-0.25, -0.2) is 0 Å². The summed E-state index contributed by atoms with van der Waals surface area (Å²) in [4.78, 5) is 13.0. The maximum Gasteiger partial charge on any atom is 0.323 e. The zero-order chi connectivity index (χ0) is 11.2. The van der Waals surface area contributed by atoms with Crippen molar-refractivity contribution in [2.45, 2.75) is 32.7 Å². The van der Waals surface area contributed by atoms with Crippen LogP contribution in [0.2, 0.25) is 0 Å². The second-order valence-corrected chi connectivity index (χ2v) is 4.78. The van der Waals surface area contributed by atoms with Crippen LogP contribution in [0.15, 0.2) is 0 Å². The third kappa shape index (κ3) is 3.88. The number of likely N-dealkylation sites (N-methyl/N-ethyl adjacent to an activating group) is 1. The Hall–Kier alpha value is -0.220. The van der Waals surface area contributed by atoms with E-state index in [-0.39, 0.29) is 0 Å². The van der Waals surface area contributed by atoms with Gasteiger partial charge in [-0.3, -0.25) is 9.69 Å². The van der Waals surface area contributed by atoms with E-state index < -0.39 is 11.5 Å². The number of rotatable bonds is 7. The molecular formula is C10H21NO2S. The van der Waals surface area contributed by atoms with Gasteiger partial charge in [0, 0.05) is 0 Å². The summed E-state index contributed by atoms with van der Waals surface area (Å²) in [7, 11) is 0. The minimum absolute atomic E-state index is 0.743. The molecule has 0 fully saturated rings. The molecule has 4 heteroatoms. The van der Waals surface area contributed by atoms with E-state index in [1.807, 2.05) is 11.8 Å². The summed E-state index contributed by atoms with van der Waals surface area (Å²) in [5, 5.41) is 9.05. The van der Waals surface area contributed by atoms with Crippen LogP contribution in [-0.4, -0.2) is 46.6 Å². The molecule has 3 nitrogen and oxygen atoms in total. The lowest BCUT2D eigenvalue weighted by Gasteiger charge is -2.34. The van der Waals surface area contributed by atoms with Gasteiger partial charge in [0.15, 0.2) is 0 Å². The normalized spacial score (nSPS) is 12.1. The van der Waals surface area contributed by atoms with Crippen molar-refractivity contribution in [2.24, 2.45) is 0 Å². The first kappa shape index (κ1) is 13.8. The molecule has 0 amide bonds. The molecule has 0 aliphatic carbocycles. The lowest BCUT2D eigenvalue weighted by Crippen LogP contribution is -2.50. The summed E-state index contributed by atoms with van der Waals surface area (Å²) in [5.41, 5.74) is -0.743. The highest BCUT2D eigenvalue weighted by Gasteiger charge is 2.32. The zero-order valence-electron chi connectivity index (χ0n) is 9.54. The van der Waals surface area contributed by atoms with E-state index in [1.165, 1.54) is 0 Å². The smallest absolute Gasteiger partial charge is 0.323 e. The molecule has 0 aliphatic rings. The van der Waals surface area contributed by atoms with Crippen LogP contribution in [0.5, 0.6) is 0 Å². The van der Waals surface area contributed by atoms with E-state index in [0.717, 1.165) is 25.3 Å². The average molecular weight is 219 g/mol. The molecule has 0 heterocycles. The SMILES string of the molecule is CCN(CCCSC)C(C)(C)C(=O)O. The number of nitrogens with zero attached hydrogens (tertiary/aromatic N) is 1. The fourth-order valence-corrected chi connectivity index (χ4v) is 1.79. The number of thioether (sulfide) groups is 1. The highest BCUT2D eigenvalue weighted by molar-refractivity contribution is 7.98. The number of carbonyl (C=O) groups is 1. The number of carboxylic acids is 1. The fourth-order valence-electron chi connectivity index (χ4n) is 1.37. The number of carboxylic acid groups (broad SMARTS) is 1. The highest BCUT2D eigenvalue weighted by Crippen LogP contribution is 2.15. The predicted molar refractivity (Wildman–Crippen MR) is 62.0 cm³/mol. The van der Waals surface area contributed by atoms with E-state index in [4.69, 9.17) is 5.11 Å². The molecule has 0 bridgehead atoms. The van der Waals surface area contributed by atoms with Crippen LogP contribution in [-0.2, 0) is 4.79 Å². The maximum atomic E-state index is 11.0. The van der Waals surface area contributed by atoms with Gasteiger partial charge in [-0.05, 0) is 45.4 Å². The second kappa shape index (κ2) is 6.30. The summed E-state index contributed by atoms with van der Waals surface area (Å²) in [5.74, 6) is 0.343. The zero-order valence-corrected chi connectivity index (χ0v) is 10.4. The van der Waals surface area contributed by atoms with E-state index >= 15 is 0 Å². The Labute approximate surface area is 90.9 Å². The van der Waals surface area contributed by atoms with Gasteiger partial charge in [0.25, 0.3) is 0 Å². The first-order chi connectivity index (χ1) is 6.46. The van der Waals surface area contributed by atoms with Gasteiger partial charge in [-0.15, -0.1) is 0 Å². The van der Waals surface area contributed by atoms with Crippen LogP contribution in [0, 0.1) is 0 Å². The van der Waals surface area contributed by atoms with E-state index in [1.54, 1.807) is 25.6 Å². The third-order valence-corrected chi connectivity index (χ3v) is 3.17. The molecule has 0 saturated heterocycles. The van der Waals surface area contributed by atoms with Crippen LogP contribution >= 0.6 is 11.8 Å². The van der Waals surface area contributed by atoms with Crippen molar-refractivity contribution in [1.29, 1.82) is 0 Å². The second-order valence-electron chi connectivity index (χ2n) is 3.79. The third-order valence-electron chi connectivity index (χ3n) is 2.47. The molecule has 0 atom stereocenters. The topological polar surface area (TPSA) is 40.5 Å². The van der Waals surface area contributed by atoms with Crippen LogP contribution < -0.4 is 0 Å². The molecule has 1 N–H and O–H groups in total. The van der Waals surface area contributed by atoms with Crippen LogP contribution in [0.4, 0.5) is 0 Å². The summed E-state index contributed by atoms with van der Waals surface area (Å²) in [6.45, 7) is 7.17. The number of aliphatic carboxylic acids is 1. The van der Waals surface area contributed by atoms with Gasteiger partial charge < -0.3 is 5.11 Å². The van der Waals surface area contributed by atoms with Crippen LogP contribution in [0.1, 0.15) is 27.2 Å². The van der Waals surface area contributed by atoms with Gasteiger partial charge in [0.2, 0.25) is 0 Å². The van der Waals surface area contributed by atoms with Crippen molar-refractivity contribution in [3.8, 4) is 0 Å². The first-order valence-corrected chi connectivity index (χ1v) is 6.33. The standard InChI is InChI=1S/C10H21NO2S/c1-5-11(7-6-8-14-4)10(2,3)9(12)13/h5-8H2,1-4H3,(H,12,13). The Morgan fingerprint density at radius 2 is 2.07 bits per heavy atom. The molecule has 0 unspecified atom stereocenters. The lowest BCUT2D eigenvalue weighted by molar-refractivity contribution is -0.149. The molecule has 0 aromatic carbocycles. The van der Waals surface area contributed by atoms with E-state index in [9.17, 15) is 4.79 Å². The van der Waals surface area contributed by atoms with Gasteiger partial charge in [0.05, 0.1) is 0 Å². The minimum Gasteiger partial charge on any atom is -0.480 e. The lowest BCUT2D eigenvalue weighted by atomic mass is 10.0. The van der Waals surface area contributed by atoms with Crippen molar-refractivity contribution < 1.29 is 9.90 Å².